The third kappa shape index (κ3) is 5.85. The van der Waals surface area contributed by atoms with Crippen molar-refractivity contribution in [2.24, 2.45) is 5.92 Å². The number of nitrogens with zero attached hydrogens (tertiary/aromatic N) is 2. The fourth-order valence-electron chi connectivity index (χ4n) is 1.61. The lowest BCUT2D eigenvalue weighted by molar-refractivity contribution is -0.119. The minimum Gasteiger partial charge on any atom is -0.490 e. The summed E-state index contributed by atoms with van der Waals surface area (Å²) in [6, 6.07) is 0. The summed E-state index contributed by atoms with van der Waals surface area (Å²) in [5, 5.41) is 8.98. The van der Waals surface area contributed by atoms with E-state index < -0.39 is 0 Å². The SMILES string of the molecule is CCCNc1ncnc(NCC(=O)NCC(C)C)c1OC. The summed E-state index contributed by atoms with van der Waals surface area (Å²) in [5.41, 5.74) is 0. The molecular formula is C14H25N5O2. The molecule has 118 valence electrons. The molecule has 1 aromatic rings. The fourth-order valence-corrected chi connectivity index (χ4v) is 1.61. The summed E-state index contributed by atoms with van der Waals surface area (Å²) < 4.78 is 5.32. The molecule has 21 heavy (non-hydrogen) atoms. The van der Waals surface area contributed by atoms with Gasteiger partial charge in [0.2, 0.25) is 11.7 Å². The van der Waals surface area contributed by atoms with Crippen LogP contribution in [0.15, 0.2) is 6.33 Å². The summed E-state index contributed by atoms with van der Waals surface area (Å²) in [6.45, 7) is 7.76. The highest BCUT2D eigenvalue weighted by Gasteiger charge is 2.12. The second-order valence-electron chi connectivity index (χ2n) is 5.08. The monoisotopic (exact) mass is 295 g/mol. The standard InChI is InChI=1S/C14H25N5O2/c1-5-6-15-13-12(21-4)14(19-9-18-13)17-8-11(20)16-7-10(2)3/h9-10H,5-8H2,1-4H3,(H,16,20)(H2,15,17,18,19). The van der Waals surface area contributed by atoms with Gasteiger partial charge in [-0.3, -0.25) is 4.79 Å². The molecule has 0 aliphatic carbocycles. The van der Waals surface area contributed by atoms with Gasteiger partial charge in [-0.15, -0.1) is 0 Å². The van der Waals surface area contributed by atoms with Crippen molar-refractivity contribution < 1.29 is 9.53 Å². The van der Waals surface area contributed by atoms with Gasteiger partial charge in [-0.1, -0.05) is 20.8 Å². The molecule has 0 spiro atoms. The van der Waals surface area contributed by atoms with Gasteiger partial charge in [0, 0.05) is 13.1 Å². The quantitative estimate of drug-likeness (QED) is 0.640. The molecule has 1 amide bonds. The minimum atomic E-state index is -0.0765. The van der Waals surface area contributed by atoms with Crippen molar-refractivity contribution in [2.75, 3.05) is 37.4 Å². The van der Waals surface area contributed by atoms with Crippen molar-refractivity contribution in [1.82, 2.24) is 15.3 Å². The first-order valence-electron chi connectivity index (χ1n) is 7.21. The minimum absolute atomic E-state index is 0.0765. The van der Waals surface area contributed by atoms with Gasteiger partial charge in [-0.05, 0) is 12.3 Å². The molecule has 0 aliphatic heterocycles. The zero-order valence-electron chi connectivity index (χ0n) is 13.2. The maximum absolute atomic E-state index is 11.7. The molecule has 7 nitrogen and oxygen atoms in total. The molecule has 0 radical (unpaired) electrons. The fraction of sp³-hybridized carbons (Fsp3) is 0.643. The van der Waals surface area contributed by atoms with E-state index in [0.717, 1.165) is 13.0 Å². The number of anilines is 2. The summed E-state index contributed by atoms with van der Waals surface area (Å²) in [4.78, 5) is 20.0. The number of carbonyl (C=O) groups excluding carboxylic acids is 1. The molecule has 0 fully saturated rings. The van der Waals surface area contributed by atoms with Crippen LogP contribution in [0.2, 0.25) is 0 Å². The van der Waals surface area contributed by atoms with Gasteiger partial charge in [-0.2, -0.15) is 0 Å². The molecule has 0 saturated carbocycles. The normalized spacial score (nSPS) is 10.3. The molecule has 1 rings (SSSR count). The molecule has 1 heterocycles. The molecule has 0 unspecified atom stereocenters. The first-order chi connectivity index (χ1) is 10.1. The Balaban J connectivity index is 2.63. The van der Waals surface area contributed by atoms with E-state index in [9.17, 15) is 4.79 Å². The second kappa shape index (κ2) is 8.99. The topological polar surface area (TPSA) is 88.2 Å². The Morgan fingerprint density at radius 3 is 2.52 bits per heavy atom. The largest absolute Gasteiger partial charge is 0.490 e. The average molecular weight is 295 g/mol. The molecule has 0 atom stereocenters. The third-order valence-electron chi connectivity index (χ3n) is 2.67. The third-order valence-corrected chi connectivity index (χ3v) is 2.67. The van der Waals surface area contributed by atoms with E-state index in [1.807, 2.05) is 13.8 Å². The molecule has 0 saturated heterocycles. The Morgan fingerprint density at radius 1 is 1.29 bits per heavy atom. The summed E-state index contributed by atoms with van der Waals surface area (Å²) in [6.07, 6.45) is 2.42. The van der Waals surface area contributed by atoms with E-state index in [2.05, 4.69) is 32.8 Å². The van der Waals surface area contributed by atoms with E-state index >= 15 is 0 Å². The van der Waals surface area contributed by atoms with Crippen molar-refractivity contribution in [1.29, 1.82) is 0 Å². The second-order valence-corrected chi connectivity index (χ2v) is 5.08. The molecule has 1 aromatic heterocycles. The van der Waals surface area contributed by atoms with Crippen LogP contribution in [0.4, 0.5) is 11.6 Å². The lowest BCUT2D eigenvalue weighted by Gasteiger charge is -2.14. The molecular weight excluding hydrogens is 270 g/mol. The van der Waals surface area contributed by atoms with Gasteiger partial charge in [0.1, 0.15) is 6.33 Å². The lowest BCUT2D eigenvalue weighted by Crippen LogP contribution is -2.32. The number of rotatable bonds is 9. The first kappa shape index (κ1) is 17.0. The van der Waals surface area contributed by atoms with Crippen LogP contribution in [-0.2, 0) is 4.79 Å². The van der Waals surface area contributed by atoms with Crippen LogP contribution < -0.4 is 20.7 Å². The van der Waals surface area contributed by atoms with E-state index in [-0.39, 0.29) is 12.5 Å². The van der Waals surface area contributed by atoms with E-state index in [0.29, 0.717) is 29.8 Å². The predicted octanol–water partition coefficient (Wildman–Crippen LogP) is 1.49. The summed E-state index contributed by atoms with van der Waals surface area (Å²) >= 11 is 0. The molecule has 0 bridgehead atoms. The lowest BCUT2D eigenvalue weighted by atomic mass is 10.2. The molecule has 7 heteroatoms. The van der Waals surface area contributed by atoms with E-state index in [4.69, 9.17) is 4.74 Å². The maximum atomic E-state index is 11.7. The van der Waals surface area contributed by atoms with Crippen molar-refractivity contribution in [2.45, 2.75) is 27.2 Å². The van der Waals surface area contributed by atoms with Crippen LogP contribution in [0.1, 0.15) is 27.2 Å². The number of methoxy groups -OCH3 is 1. The Labute approximate surface area is 125 Å². The average Bonchev–Trinajstić information content (AvgIpc) is 2.48. The smallest absolute Gasteiger partial charge is 0.239 e. The summed E-state index contributed by atoms with van der Waals surface area (Å²) in [7, 11) is 1.56. The van der Waals surface area contributed by atoms with Gasteiger partial charge in [0.15, 0.2) is 11.6 Å². The number of aromatic nitrogens is 2. The highest BCUT2D eigenvalue weighted by molar-refractivity contribution is 5.81. The Hall–Kier alpha value is -2.05. The zero-order valence-corrected chi connectivity index (χ0v) is 13.2. The Morgan fingerprint density at radius 2 is 1.95 bits per heavy atom. The van der Waals surface area contributed by atoms with Gasteiger partial charge in [-0.25, -0.2) is 9.97 Å². The highest BCUT2D eigenvalue weighted by atomic mass is 16.5. The van der Waals surface area contributed by atoms with Gasteiger partial charge < -0.3 is 20.7 Å². The van der Waals surface area contributed by atoms with Crippen LogP contribution in [0.25, 0.3) is 0 Å². The highest BCUT2D eigenvalue weighted by Crippen LogP contribution is 2.28. The van der Waals surface area contributed by atoms with Gasteiger partial charge in [0.05, 0.1) is 13.7 Å². The van der Waals surface area contributed by atoms with Gasteiger partial charge >= 0.3 is 0 Å². The summed E-state index contributed by atoms with van der Waals surface area (Å²) in [5.74, 6) is 1.99. The van der Waals surface area contributed by atoms with Crippen molar-refractivity contribution in [3.63, 3.8) is 0 Å². The number of amides is 1. The Bertz CT molecular complexity index is 451. The van der Waals surface area contributed by atoms with E-state index in [1.54, 1.807) is 7.11 Å². The maximum Gasteiger partial charge on any atom is 0.239 e. The number of nitrogens with one attached hydrogen (secondary N) is 3. The Kier molecular flexibility index (Phi) is 7.28. The van der Waals surface area contributed by atoms with Crippen molar-refractivity contribution >= 4 is 17.5 Å². The van der Waals surface area contributed by atoms with E-state index in [1.165, 1.54) is 6.33 Å². The van der Waals surface area contributed by atoms with Crippen molar-refractivity contribution in [3.8, 4) is 5.75 Å². The molecule has 0 aromatic carbocycles. The van der Waals surface area contributed by atoms with Crippen molar-refractivity contribution in [3.05, 3.63) is 6.33 Å². The van der Waals surface area contributed by atoms with Crippen LogP contribution in [0.3, 0.4) is 0 Å². The number of hydrogen-bond donors (Lipinski definition) is 3. The molecule has 0 aliphatic rings. The van der Waals surface area contributed by atoms with Crippen LogP contribution >= 0.6 is 0 Å². The first-order valence-corrected chi connectivity index (χ1v) is 7.21. The van der Waals surface area contributed by atoms with Gasteiger partial charge in [0.25, 0.3) is 0 Å². The van der Waals surface area contributed by atoms with Crippen LogP contribution in [-0.4, -0.2) is 42.6 Å². The zero-order chi connectivity index (χ0) is 15.7. The molecule has 3 N–H and O–H groups in total. The number of carbonyl (C=O) groups is 1. The van der Waals surface area contributed by atoms with Crippen LogP contribution in [0.5, 0.6) is 5.75 Å². The number of ether oxygens (including phenoxy) is 1. The van der Waals surface area contributed by atoms with Crippen LogP contribution in [0, 0.1) is 5.92 Å². The number of hydrogen-bond acceptors (Lipinski definition) is 6. The predicted molar refractivity (Wildman–Crippen MR) is 83.7 cm³/mol.